The van der Waals surface area contributed by atoms with Gasteiger partial charge in [-0.3, -0.25) is 0 Å². The molecule has 0 radical (unpaired) electrons. The Bertz CT molecular complexity index is 731. The molecule has 0 bridgehead atoms. The average Bonchev–Trinajstić information content (AvgIpc) is 2.57. The van der Waals surface area contributed by atoms with Crippen molar-refractivity contribution in [1.82, 2.24) is 0 Å². The van der Waals surface area contributed by atoms with E-state index >= 15 is 0 Å². The first-order valence-corrected chi connectivity index (χ1v) is 8.24. The molecular formula is C13H9F19O4. The number of aliphatic hydroxyl groups excluding tert-OH is 1. The summed E-state index contributed by atoms with van der Waals surface area (Å²) in [6.45, 7) is -0.856. The summed E-state index contributed by atoms with van der Waals surface area (Å²) in [6, 6.07) is 0. The molecule has 0 aliphatic rings. The molecule has 0 atom stereocenters. The maximum absolute atomic E-state index is 13.2. The average molecular weight is 590 g/mol. The topological polar surface area (TPSA) is 47.9 Å². The molecular weight excluding hydrogens is 581 g/mol. The van der Waals surface area contributed by atoms with E-state index in [2.05, 4.69) is 4.74 Å². The second-order valence-corrected chi connectivity index (χ2v) is 6.35. The van der Waals surface area contributed by atoms with Crippen molar-refractivity contribution in [2.75, 3.05) is 6.61 Å². The summed E-state index contributed by atoms with van der Waals surface area (Å²) in [5, 5.41) is 8.31. The lowest BCUT2D eigenvalue weighted by atomic mass is 10.1. The molecule has 0 aliphatic carbocycles. The van der Waals surface area contributed by atoms with Crippen molar-refractivity contribution in [3.63, 3.8) is 0 Å². The summed E-state index contributed by atoms with van der Waals surface area (Å²) in [5.74, 6) is -16.2. The van der Waals surface area contributed by atoms with E-state index in [1.807, 2.05) is 0 Å². The van der Waals surface area contributed by atoms with E-state index in [-0.39, 0.29) is 0 Å². The van der Waals surface area contributed by atoms with Gasteiger partial charge in [0, 0.05) is 13.0 Å². The third-order valence-electron chi connectivity index (χ3n) is 3.46. The number of hydrogen-bond donors (Lipinski definition) is 1. The second-order valence-electron chi connectivity index (χ2n) is 6.35. The Morgan fingerprint density at radius 2 is 0.750 bits per heavy atom. The Balaban J connectivity index is 5.96. The SMILES string of the molecule is OCCCCC(F)(F)OC(F)(F)C(F)(F)OC(F)(F)C(F)(F)OC(F)(F)C(F)(F)C(F)(F)C(F)(F)F. The lowest BCUT2D eigenvalue weighted by Crippen LogP contribution is -2.65. The van der Waals surface area contributed by atoms with Gasteiger partial charge in [0.1, 0.15) is 0 Å². The molecule has 0 heterocycles. The van der Waals surface area contributed by atoms with Gasteiger partial charge in [0.15, 0.2) is 0 Å². The predicted molar refractivity (Wildman–Crippen MR) is 69.8 cm³/mol. The van der Waals surface area contributed by atoms with Gasteiger partial charge in [-0.1, -0.05) is 0 Å². The van der Waals surface area contributed by atoms with E-state index in [9.17, 15) is 83.4 Å². The normalized spacial score (nSPS) is 16.0. The zero-order valence-electron chi connectivity index (χ0n) is 16.2. The van der Waals surface area contributed by atoms with E-state index in [4.69, 9.17) is 5.11 Å². The molecule has 0 spiro atoms. The zero-order chi connectivity index (χ0) is 29.4. The minimum absolute atomic E-state index is 0.592. The molecule has 0 aromatic rings. The molecule has 0 aromatic carbocycles. The predicted octanol–water partition coefficient (Wildman–Crippen LogP) is 6.59. The van der Waals surface area contributed by atoms with Crippen molar-refractivity contribution >= 4 is 0 Å². The van der Waals surface area contributed by atoms with Crippen molar-refractivity contribution in [3.05, 3.63) is 0 Å². The third kappa shape index (κ3) is 7.08. The molecule has 0 aliphatic heterocycles. The summed E-state index contributed by atoms with van der Waals surface area (Å²) in [5.41, 5.74) is 0. The number of rotatable bonds is 14. The maximum Gasteiger partial charge on any atom is 0.460 e. The number of aliphatic hydroxyl groups is 1. The lowest BCUT2D eigenvalue weighted by molar-refractivity contribution is -0.569. The fourth-order valence-electron chi connectivity index (χ4n) is 1.67. The summed E-state index contributed by atoms with van der Waals surface area (Å²) in [4.78, 5) is 0. The molecule has 0 saturated carbocycles. The molecule has 1 N–H and O–H groups in total. The Labute approximate surface area is 184 Å². The number of unbranched alkanes of at least 4 members (excludes halogenated alkanes) is 1. The van der Waals surface area contributed by atoms with Crippen LogP contribution in [0.1, 0.15) is 19.3 Å². The molecule has 0 unspecified atom stereocenters. The third-order valence-corrected chi connectivity index (χ3v) is 3.46. The van der Waals surface area contributed by atoms with Gasteiger partial charge in [-0.05, 0) is 12.8 Å². The van der Waals surface area contributed by atoms with Gasteiger partial charge in [0.05, 0.1) is 0 Å². The highest BCUT2D eigenvalue weighted by molar-refractivity contribution is 4.97. The van der Waals surface area contributed by atoms with Crippen LogP contribution in [0.2, 0.25) is 0 Å². The zero-order valence-corrected chi connectivity index (χ0v) is 16.2. The van der Waals surface area contributed by atoms with Crippen LogP contribution in [0.15, 0.2) is 0 Å². The molecule has 23 heteroatoms. The van der Waals surface area contributed by atoms with E-state index in [1.54, 1.807) is 0 Å². The van der Waals surface area contributed by atoms with Crippen LogP contribution >= 0.6 is 0 Å². The van der Waals surface area contributed by atoms with Crippen molar-refractivity contribution in [2.24, 2.45) is 0 Å². The number of ether oxygens (including phenoxy) is 3. The van der Waals surface area contributed by atoms with Gasteiger partial charge in [-0.2, -0.15) is 83.4 Å². The van der Waals surface area contributed by atoms with E-state index in [0.717, 1.165) is 0 Å². The molecule has 0 amide bonds. The van der Waals surface area contributed by atoms with Crippen molar-refractivity contribution in [3.8, 4) is 0 Å². The highest BCUT2D eigenvalue weighted by Gasteiger charge is 2.85. The largest absolute Gasteiger partial charge is 0.460 e. The molecule has 4 nitrogen and oxygen atoms in total. The summed E-state index contributed by atoms with van der Waals surface area (Å²) in [6.07, 6.45) is -54.6. The van der Waals surface area contributed by atoms with Crippen LogP contribution in [0.4, 0.5) is 83.4 Å². The lowest BCUT2D eigenvalue weighted by Gasteiger charge is -2.37. The van der Waals surface area contributed by atoms with E-state index < -0.39 is 80.5 Å². The second kappa shape index (κ2) is 10.0. The Morgan fingerprint density at radius 1 is 0.417 bits per heavy atom. The van der Waals surface area contributed by atoms with Crippen LogP contribution in [0.25, 0.3) is 0 Å². The minimum atomic E-state index is -8.16. The molecule has 0 fully saturated rings. The van der Waals surface area contributed by atoms with Crippen LogP contribution in [0, 0.1) is 0 Å². The fourth-order valence-corrected chi connectivity index (χ4v) is 1.67. The maximum atomic E-state index is 13.2. The fraction of sp³-hybridized carbons (Fsp3) is 1.00. The molecule has 0 saturated heterocycles. The Hall–Kier alpha value is -1.49. The minimum Gasteiger partial charge on any atom is -0.396 e. The molecule has 36 heavy (non-hydrogen) atoms. The van der Waals surface area contributed by atoms with Crippen LogP contribution in [-0.2, 0) is 14.2 Å². The number of alkyl halides is 19. The standard InChI is InChI=1S/C13H9F19O4/c14-5(15,3-1-2-4-33)34-10(25,26)11(27,28)36-13(31,32)12(29,30)35-9(23,24)7(18,19)6(16,17)8(20,21)22/h33H,1-4H2. The van der Waals surface area contributed by atoms with Gasteiger partial charge in [0.25, 0.3) is 0 Å². The van der Waals surface area contributed by atoms with E-state index in [0.29, 0.717) is 0 Å². The first kappa shape index (κ1) is 34.5. The number of halogens is 19. The Kier molecular flexibility index (Phi) is 9.59. The van der Waals surface area contributed by atoms with Gasteiger partial charge in [-0.25, -0.2) is 14.2 Å². The highest BCUT2D eigenvalue weighted by atomic mass is 19.4. The van der Waals surface area contributed by atoms with Crippen LogP contribution in [-0.4, -0.2) is 66.4 Å². The van der Waals surface area contributed by atoms with Gasteiger partial charge in [0.2, 0.25) is 0 Å². The highest BCUT2D eigenvalue weighted by Crippen LogP contribution is 2.56. The first-order valence-electron chi connectivity index (χ1n) is 8.24. The number of hydrogen-bond acceptors (Lipinski definition) is 4. The molecule has 218 valence electrons. The smallest absolute Gasteiger partial charge is 0.396 e. The van der Waals surface area contributed by atoms with Gasteiger partial charge >= 0.3 is 54.7 Å². The molecule has 0 aromatic heterocycles. The molecule has 0 rings (SSSR count). The van der Waals surface area contributed by atoms with Crippen LogP contribution in [0.5, 0.6) is 0 Å². The summed E-state index contributed by atoms with van der Waals surface area (Å²) >= 11 is 0. The Morgan fingerprint density at radius 3 is 1.08 bits per heavy atom. The summed E-state index contributed by atoms with van der Waals surface area (Å²) < 4.78 is 249. The quantitative estimate of drug-likeness (QED) is 0.183. The van der Waals surface area contributed by atoms with Crippen LogP contribution < -0.4 is 0 Å². The first-order chi connectivity index (χ1) is 15.4. The van der Waals surface area contributed by atoms with Crippen LogP contribution in [0.3, 0.4) is 0 Å². The summed E-state index contributed by atoms with van der Waals surface area (Å²) in [7, 11) is 0. The van der Waals surface area contributed by atoms with Crippen molar-refractivity contribution in [1.29, 1.82) is 0 Å². The van der Waals surface area contributed by atoms with Crippen molar-refractivity contribution in [2.45, 2.75) is 73.9 Å². The van der Waals surface area contributed by atoms with Gasteiger partial charge in [-0.15, -0.1) is 0 Å². The van der Waals surface area contributed by atoms with E-state index in [1.165, 1.54) is 9.47 Å². The van der Waals surface area contributed by atoms with Gasteiger partial charge < -0.3 is 5.11 Å². The monoisotopic (exact) mass is 590 g/mol. The van der Waals surface area contributed by atoms with Crippen molar-refractivity contribution < 1.29 is 103 Å².